The lowest BCUT2D eigenvalue weighted by Crippen LogP contribution is -2.20. The van der Waals surface area contributed by atoms with Crippen LogP contribution >= 0.6 is 23.4 Å². The van der Waals surface area contributed by atoms with Crippen molar-refractivity contribution >= 4 is 34.4 Å². The largest absolute Gasteiger partial charge is 0.295 e. The maximum atomic E-state index is 13.2. The van der Waals surface area contributed by atoms with Gasteiger partial charge in [0.1, 0.15) is 11.5 Å². The zero-order valence-corrected chi connectivity index (χ0v) is 13.4. The number of hydrogen-bond acceptors (Lipinski definition) is 4. The van der Waals surface area contributed by atoms with Crippen molar-refractivity contribution in [3.05, 3.63) is 51.7 Å². The third kappa shape index (κ3) is 2.48. The Kier molecular flexibility index (Phi) is 3.88. The Balaban J connectivity index is 2.32. The average Bonchev–Trinajstić information content (AvgIpc) is 2.51. The molecule has 0 spiro atoms. The van der Waals surface area contributed by atoms with Gasteiger partial charge in [0.25, 0.3) is 5.56 Å². The zero-order valence-electron chi connectivity index (χ0n) is 11.8. The summed E-state index contributed by atoms with van der Waals surface area (Å²) in [6.45, 7) is 0. The smallest absolute Gasteiger partial charge is 0.259 e. The molecule has 7 heteroatoms. The summed E-state index contributed by atoms with van der Waals surface area (Å²) in [4.78, 5) is 21.1. The standard InChI is InChI=1S/C15H11ClFN3OS/c1-20-13-8(7-18-15(19-13)22-2)5-11(14(20)21)10-4-3-9(17)6-12(10)16/h3-7H,1-2H3. The van der Waals surface area contributed by atoms with Gasteiger partial charge in [-0.2, -0.15) is 0 Å². The van der Waals surface area contributed by atoms with Gasteiger partial charge < -0.3 is 0 Å². The number of nitrogens with zero attached hydrogens (tertiary/aromatic N) is 3. The first-order valence-electron chi connectivity index (χ1n) is 6.37. The van der Waals surface area contributed by atoms with Gasteiger partial charge in [-0.15, -0.1) is 0 Å². The fraction of sp³-hybridized carbons (Fsp3) is 0.133. The van der Waals surface area contributed by atoms with Gasteiger partial charge in [0.15, 0.2) is 5.16 Å². The molecule has 0 saturated heterocycles. The maximum Gasteiger partial charge on any atom is 0.259 e. The summed E-state index contributed by atoms with van der Waals surface area (Å²) in [5.41, 5.74) is 1.18. The number of benzene rings is 1. The second kappa shape index (κ2) is 5.70. The highest BCUT2D eigenvalue weighted by molar-refractivity contribution is 7.98. The van der Waals surface area contributed by atoms with Crippen molar-refractivity contribution < 1.29 is 4.39 Å². The van der Waals surface area contributed by atoms with Crippen LogP contribution in [0.3, 0.4) is 0 Å². The number of rotatable bonds is 2. The van der Waals surface area contributed by atoms with Crippen LogP contribution in [0.15, 0.2) is 40.4 Å². The molecule has 0 unspecified atom stereocenters. The van der Waals surface area contributed by atoms with Gasteiger partial charge in [0.05, 0.1) is 5.02 Å². The molecule has 22 heavy (non-hydrogen) atoms. The zero-order chi connectivity index (χ0) is 15.9. The molecule has 0 bridgehead atoms. The highest BCUT2D eigenvalue weighted by Gasteiger charge is 2.13. The minimum atomic E-state index is -0.445. The van der Waals surface area contributed by atoms with E-state index in [1.165, 1.54) is 34.5 Å². The van der Waals surface area contributed by atoms with Crippen molar-refractivity contribution in [2.75, 3.05) is 6.26 Å². The molecule has 1 aromatic carbocycles. The first kappa shape index (κ1) is 15.0. The molecule has 2 aromatic heterocycles. The monoisotopic (exact) mass is 335 g/mol. The van der Waals surface area contributed by atoms with Crippen LogP contribution in [0.25, 0.3) is 22.2 Å². The number of aryl methyl sites for hydroxylation is 1. The van der Waals surface area contributed by atoms with Crippen molar-refractivity contribution in [2.24, 2.45) is 7.05 Å². The lowest BCUT2D eigenvalue weighted by molar-refractivity contribution is 0.628. The van der Waals surface area contributed by atoms with Crippen LogP contribution in [0.1, 0.15) is 0 Å². The molecule has 0 aliphatic heterocycles. The Hall–Kier alpha value is -1.92. The van der Waals surface area contributed by atoms with E-state index in [0.717, 1.165) is 5.39 Å². The van der Waals surface area contributed by atoms with Crippen LogP contribution in [0.2, 0.25) is 5.02 Å². The third-order valence-corrected chi connectivity index (χ3v) is 4.20. The van der Waals surface area contributed by atoms with Crippen LogP contribution in [0.4, 0.5) is 4.39 Å². The highest BCUT2D eigenvalue weighted by Crippen LogP contribution is 2.28. The van der Waals surface area contributed by atoms with E-state index >= 15 is 0 Å². The normalized spacial score (nSPS) is 11.1. The van der Waals surface area contributed by atoms with E-state index in [0.29, 0.717) is 21.9 Å². The van der Waals surface area contributed by atoms with Gasteiger partial charge in [0, 0.05) is 29.8 Å². The summed E-state index contributed by atoms with van der Waals surface area (Å²) in [6.07, 6.45) is 3.53. The van der Waals surface area contributed by atoms with Gasteiger partial charge in [-0.05, 0) is 30.5 Å². The minimum absolute atomic E-state index is 0.193. The van der Waals surface area contributed by atoms with E-state index in [9.17, 15) is 9.18 Å². The molecule has 0 saturated carbocycles. The summed E-state index contributed by atoms with van der Waals surface area (Å²) >= 11 is 7.47. The number of fused-ring (bicyclic) bond motifs is 1. The fourth-order valence-electron chi connectivity index (χ4n) is 2.23. The van der Waals surface area contributed by atoms with Crippen molar-refractivity contribution in [3.8, 4) is 11.1 Å². The molecule has 112 valence electrons. The molecule has 3 aromatic rings. The first-order valence-corrected chi connectivity index (χ1v) is 7.97. The van der Waals surface area contributed by atoms with Crippen LogP contribution in [-0.2, 0) is 7.05 Å². The van der Waals surface area contributed by atoms with Crippen molar-refractivity contribution in [1.29, 1.82) is 0 Å². The molecule has 0 fully saturated rings. The van der Waals surface area contributed by atoms with E-state index in [-0.39, 0.29) is 10.6 Å². The van der Waals surface area contributed by atoms with Crippen LogP contribution < -0.4 is 5.56 Å². The van der Waals surface area contributed by atoms with Crippen LogP contribution in [0.5, 0.6) is 0 Å². The Morgan fingerprint density at radius 2 is 2.05 bits per heavy atom. The number of halogens is 2. The molecule has 0 aliphatic rings. The first-order chi connectivity index (χ1) is 10.5. The number of aromatic nitrogens is 3. The van der Waals surface area contributed by atoms with E-state index in [4.69, 9.17) is 11.6 Å². The van der Waals surface area contributed by atoms with E-state index in [2.05, 4.69) is 9.97 Å². The Morgan fingerprint density at radius 3 is 2.73 bits per heavy atom. The summed E-state index contributed by atoms with van der Waals surface area (Å²) in [6, 6.07) is 5.64. The molecule has 0 radical (unpaired) electrons. The molecule has 2 heterocycles. The Labute approximate surface area is 135 Å². The molecule has 0 N–H and O–H groups in total. The van der Waals surface area contributed by atoms with Gasteiger partial charge in [0.2, 0.25) is 0 Å². The van der Waals surface area contributed by atoms with Gasteiger partial charge in [-0.3, -0.25) is 9.36 Å². The molecule has 4 nitrogen and oxygen atoms in total. The van der Waals surface area contributed by atoms with Gasteiger partial charge >= 0.3 is 0 Å². The van der Waals surface area contributed by atoms with E-state index in [1.54, 1.807) is 19.3 Å². The lowest BCUT2D eigenvalue weighted by Gasteiger charge is -2.10. The SMILES string of the molecule is CSc1ncc2cc(-c3ccc(F)cc3Cl)c(=O)n(C)c2n1. The second-order valence-corrected chi connectivity index (χ2v) is 5.86. The molecular formula is C15H11ClFN3OS. The van der Waals surface area contributed by atoms with Crippen molar-refractivity contribution in [3.63, 3.8) is 0 Å². The average molecular weight is 336 g/mol. The molecular weight excluding hydrogens is 325 g/mol. The van der Waals surface area contributed by atoms with Gasteiger partial charge in [-0.1, -0.05) is 23.4 Å². The quantitative estimate of drug-likeness (QED) is 0.531. The Morgan fingerprint density at radius 1 is 1.27 bits per heavy atom. The summed E-state index contributed by atoms with van der Waals surface area (Å²) in [5, 5.41) is 1.50. The molecule has 0 aliphatic carbocycles. The molecule has 0 amide bonds. The van der Waals surface area contributed by atoms with Gasteiger partial charge in [-0.25, -0.2) is 14.4 Å². The predicted octanol–water partition coefficient (Wildman–Crippen LogP) is 3.51. The summed E-state index contributed by atoms with van der Waals surface area (Å²) in [7, 11) is 1.64. The lowest BCUT2D eigenvalue weighted by atomic mass is 10.1. The van der Waals surface area contributed by atoms with E-state index in [1.807, 2.05) is 6.26 Å². The van der Waals surface area contributed by atoms with Crippen LogP contribution in [0, 0.1) is 5.82 Å². The maximum absolute atomic E-state index is 13.2. The second-order valence-electron chi connectivity index (χ2n) is 4.68. The third-order valence-electron chi connectivity index (χ3n) is 3.33. The summed E-state index contributed by atoms with van der Waals surface area (Å²) < 4.78 is 14.6. The van der Waals surface area contributed by atoms with Crippen molar-refractivity contribution in [1.82, 2.24) is 14.5 Å². The van der Waals surface area contributed by atoms with E-state index < -0.39 is 5.82 Å². The minimum Gasteiger partial charge on any atom is -0.295 e. The number of hydrogen-bond donors (Lipinski definition) is 0. The Bertz CT molecular complexity index is 942. The highest BCUT2D eigenvalue weighted by atomic mass is 35.5. The van der Waals surface area contributed by atoms with Crippen LogP contribution in [-0.4, -0.2) is 20.8 Å². The molecule has 0 atom stereocenters. The number of pyridine rings is 1. The fourth-order valence-corrected chi connectivity index (χ4v) is 2.84. The summed E-state index contributed by atoms with van der Waals surface area (Å²) in [5.74, 6) is -0.445. The van der Waals surface area contributed by atoms with Crippen molar-refractivity contribution in [2.45, 2.75) is 5.16 Å². The number of thioether (sulfide) groups is 1. The topological polar surface area (TPSA) is 47.8 Å². The predicted molar refractivity (Wildman–Crippen MR) is 87.0 cm³/mol. The molecule has 3 rings (SSSR count).